The van der Waals surface area contributed by atoms with Gasteiger partial charge in [0.1, 0.15) is 5.82 Å². The van der Waals surface area contributed by atoms with Crippen molar-refractivity contribution in [2.45, 2.75) is 32.4 Å². The highest BCUT2D eigenvalue weighted by atomic mass is 32.1. The normalized spacial score (nSPS) is 16.3. The van der Waals surface area contributed by atoms with Gasteiger partial charge in [0, 0.05) is 37.2 Å². The first-order valence-electron chi connectivity index (χ1n) is 10.4. The number of rotatable bonds is 6. The zero-order chi connectivity index (χ0) is 21.8. The van der Waals surface area contributed by atoms with Crippen LogP contribution in [0, 0.1) is 17.7 Å². The molecule has 1 unspecified atom stereocenters. The number of carboxylic acids is 1. The van der Waals surface area contributed by atoms with E-state index < -0.39 is 5.97 Å². The number of fused-ring (bicyclic) bond motifs is 1. The summed E-state index contributed by atoms with van der Waals surface area (Å²) < 4.78 is 14.8. The third-order valence-electron chi connectivity index (χ3n) is 5.62. The Morgan fingerprint density at radius 1 is 1.32 bits per heavy atom. The van der Waals surface area contributed by atoms with Gasteiger partial charge in [-0.1, -0.05) is 35.5 Å². The predicted octanol–water partition coefficient (Wildman–Crippen LogP) is 4.36. The molecule has 3 aromatic rings. The molecule has 1 saturated heterocycles. The summed E-state index contributed by atoms with van der Waals surface area (Å²) in [6.07, 6.45) is 2.46. The number of hydrogen-bond donors (Lipinski definition) is 1. The molecule has 0 aliphatic carbocycles. The molecule has 5 nitrogen and oxygen atoms in total. The Hall–Kier alpha value is -2.95. The third-order valence-corrected chi connectivity index (χ3v) is 6.76. The molecule has 0 radical (unpaired) electrons. The van der Waals surface area contributed by atoms with Crippen molar-refractivity contribution in [2.24, 2.45) is 0 Å². The molecule has 0 saturated carbocycles. The number of benzene rings is 2. The van der Waals surface area contributed by atoms with Gasteiger partial charge in [-0.25, -0.2) is 14.2 Å². The largest absolute Gasteiger partial charge is 0.472 e. The van der Waals surface area contributed by atoms with Gasteiger partial charge >= 0.3 is 5.97 Å². The quantitative estimate of drug-likeness (QED) is 0.581. The van der Waals surface area contributed by atoms with E-state index in [1.807, 2.05) is 30.3 Å². The fourth-order valence-corrected chi connectivity index (χ4v) is 4.89. The van der Waals surface area contributed by atoms with Crippen molar-refractivity contribution in [2.75, 3.05) is 24.5 Å². The van der Waals surface area contributed by atoms with Gasteiger partial charge in [-0.2, -0.15) is 0 Å². The Labute approximate surface area is 185 Å². The van der Waals surface area contributed by atoms with Gasteiger partial charge in [-0.05, 0) is 56.1 Å². The number of carboxylic acid groups (broad SMARTS) is 1. The van der Waals surface area contributed by atoms with Gasteiger partial charge in [0.2, 0.25) is 0 Å². The average Bonchev–Trinajstić information content (AvgIpc) is 3.37. The van der Waals surface area contributed by atoms with Crippen LogP contribution in [0.4, 0.5) is 9.52 Å². The molecule has 0 spiro atoms. The van der Waals surface area contributed by atoms with Crippen molar-refractivity contribution in [3.05, 3.63) is 59.4 Å². The Morgan fingerprint density at radius 2 is 2.13 bits per heavy atom. The van der Waals surface area contributed by atoms with Crippen LogP contribution in [0.1, 0.15) is 30.9 Å². The van der Waals surface area contributed by atoms with E-state index in [1.165, 1.54) is 30.2 Å². The van der Waals surface area contributed by atoms with Crippen LogP contribution >= 0.6 is 11.3 Å². The van der Waals surface area contributed by atoms with Crippen molar-refractivity contribution in [1.82, 2.24) is 9.88 Å². The molecule has 4 rings (SSSR count). The number of nitrogens with zero attached hydrogens (tertiary/aromatic N) is 3. The molecule has 0 amide bonds. The first-order chi connectivity index (χ1) is 15.0. The van der Waals surface area contributed by atoms with Gasteiger partial charge in [0.15, 0.2) is 5.13 Å². The van der Waals surface area contributed by atoms with Crippen LogP contribution in [0.5, 0.6) is 0 Å². The fraction of sp³-hybridized carbons (Fsp3) is 0.333. The van der Waals surface area contributed by atoms with E-state index in [0.717, 1.165) is 30.3 Å². The summed E-state index contributed by atoms with van der Waals surface area (Å²) in [5, 5.41) is 9.51. The lowest BCUT2D eigenvalue weighted by Crippen LogP contribution is -2.36. The number of anilines is 1. The molecule has 1 aliphatic heterocycles. The minimum Gasteiger partial charge on any atom is -0.472 e. The van der Waals surface area contributed by atoms with E-state index in [-0.39, 0.29) is 5.82 Å². The lowest BCUT2D eigenvalue weighted by molar-refractivity contribution is -0.130. The van der Waals surface area contributed by atoms with Gasteiger partial charge in [0.25, 0.3) is 0 Å². The number of aromatic nitrogens is 1. The standard InChI is InChI=1S/C24H24FN3O2S/c1-17-4-3-13-27(17)14-15-28(24-26-21-6-2-5-20(25)23(21)31-24)16-19-9-7-18(8-10-19)11-12-22(29)30/h2,5-10,17H,3-4,13-16H2,1H3,(H,29,30). The molecule has 1 atom stereocenters. The summed E-state index contributed by atoms with van der Waals surface area (Å²) >= 11 is 1.38. The summed E-state index contributed by atoms with van der Waals surface area (Å²) in [5.74, 6) is 3.37. The summed E-state index contributed by atoms with van der Waals surface area (Å²) in [4.78, 5) is 20.0. The molecular formula is C24H24FN3O2S. The van der Waals surface area contributed by atoms with E-state index in [2.05, 4.69) is 28.6 Å². The number of carbonyl (C=O) groups is 1. The highest BCUT2D eigenvalue weighted by molar-refractivity contribution is 7.22. The Kier molecular flexibility index (Phi) is 6.50. The average molecular weight is 438 g/mol. The molecule has 1 N–H and O–H groups in total. The zero-order valence-electron chi connectivity index (χ0n) is 17.3. The SMILES string of the molecule is CC1CCCN1CCN(Cc1ccc(C#CC(=O)O)cc1)c1nc2cccc(F)c2s1. The van der Waals surface area contributed by atoms with Crippen LogP contribution in [-0.2, 0) is 11.3 Å². The Bertz CT molecular complexity index is 1130. The minimum atomic E-state index is -1.14. The van der Waals surface area contributed by atoms with Crippen molar-refractivity contribution >= 4 is 32.7 Å². The van der Waals surface area contributed by atoms with Crippen LogP contribution in [0.3, 0.4) is 0 Å². The second kappa shape index (κ2) is 9.46. The number of halogens is 1. The molecule has 1 aromatic heterocycles. The van der Waals surface area contributed by atoms with Gasteiger partial charge in [-0.3, -0.25) is 4.90 Å². The van der Waals surface area contributed by atoms with E-state index in [0.29, 0.717) is 28.4 Å². The smallest absolute Gasteiger partial charge is 0.382 e. The second-order valence-corrected chi connectivity index (χ2v) is 8.76. The summed E-state index contributed by atoms with van der Waals surface area (Å²) in [7, 11) is 0. The monoisotopic (exact) mass is 437 g/mol. The van der Waals surface area contributed by atoms with Gasteiger partial charge in [0.05, 0.1) is 10.2 Å². The Morgan fingerprint density at radius 3 is 2.81 bits per heavy atom. The maximum atomic E-state index is 14.2. The van der Waals surface area contributed by atoms with Crippen LogP contribution in [0.15, 0.2) is 42.5 Å². The second-order valence-electron chi connectivity index (χ2n) is 7.79. The van der Waals surface area contributed by atoms with Crippen LogP contribution in [-0.4, -0.2) is 46.6 Å². The Balaban J connectivity index is 1.56. The maximum absolute atomic E-state index is 14.2. The lowest BCUT2D eigenvalue weighted by atomic mass is 10.1. The number of likely N-dealkylation sites (tertiary alicyclic amines) is 1. The highest BCUT2D eigenvalue weighted by Crippen LogP contribution is 2.31. The van der Waals surface area contributed by atoms with E-state index >= 15 is 0 Å². The van der Waals surface area contributed by atoms with Crippen molar-refractivity contribution in [3.8, 4) is 11.8 Å². The molecule has 2 aromatic carbocycles. The predicted molar refractivity (Wildman–Crippen MR) is 122 cm³/mol. The summed E-state index contributed by atoms with van der Waals surface area (Å²) in [6, 6.07) is 13.1. The molecule has 1 fully saturated rings. The van der Waals surface area contributed by atoms with E-state index in [1.54, 1.807) is 6.07 Å². The molecular weight excluding hydrogens is 413 g/mol. The van der Waals surface area contributed by atoms with Crippen molar-refractivity contribution in [1.29, 1.82) is 0 Å². The molecule has 7 heteroatoms. The van der Waals surface area contributed by atoms with Crippen LogP contribution in [0.2, 0.25) is 0 Å². The highest BCUT2D eigenvalue weighted by Gasteiger charge is 2.22. The van der Waals surface area contributed by atoms with E-state index in [4.69, 9.17) is 10.1 Å². The van der Waals surface area contributed by atoms with Crippen molar-refractivity contribution < 1.29 is 14.3 Å². The van der Waals surface area contributed by atoms with Crippen LogP contribution in [0.25, 0.3) is 10.2 Å². The topological polar surface area (TPSA) is 56.7 Å². The first kappa shape index (κ1) is 21.3. The van der Waals surface area contributed by atoms with Gasteiger partial charge in [-0.15, -0.1) is 0 Å². The van der Waals surface area contributed by atoms with E-state index in [9.17, 15) is 9.18 Å². The molecule has 0 bridgehead atoms. The van der Waals surface area contributed by atoms with Crippen molar-refractivity contribution in [3.63, 3.8) is 0 Å². The molecule has 31 heavy (non-hydrogen) atoms. The zero-order valence-corrected chi connectivity index (χ0v) is 18.2. The third kappa shape index (κ3) is 5.22. The van der Waals surface area contributed by atoms with Gasteiger partial charge < -0.3 is 10.0 Å². The summed E-state index contributed by atoms with van der Waals surface area (Å²) in [6.45, 7) is 5.74. The molecule has 1 aliphatic rings. The van der Waals surface area contributed by atoms with Crippen LogP contribution < -0.4 is 4.90 Å². The number of hydrogen-bond acceptors (Lipinski definition) is 5. The number of thiazole rings is 1. The number of aliphatic carboxylic acids is 1. The molecule has 160 valence electrons. The lowest BCUT2D eigenvalue weighted by Gasteiger charge is -2.27. The molecule has 2 heterocycles. The minimum absolute atomic E-state index is 0.240. The first-order valence-corrected chi connectivity index (χ1v) is 11.2. The fourth-order valence-electron chi connectivity index (χ4n) is 3.89. The summed E-state index contributed by atoms with van der Waals surface area (Å²) in [5.41, 5.74) is 2.40. The maximum Gasteiger partial charge on any atom is 0.382 e.